The Morgan fingerprint density at radius 1 is 0.639 bits per heavy atom. The Kier molecular flexibility index (Phi) is 26.9. The molecule has 0 amide bonds. The molecule has 0 saturated carbocycles. The van der Waals surface area contributed by atoms with E-state index < -0.39 is 0 Å². The number of halogens is 2. The van der Waals surface area contributed by atoms with Gasteiger partial charge in [0.2, 0.25) is 0 Å². The zero-order valence-electron chi connectivity index (χ0n) is 22.6. The summed E-state index contributed by atoms with van der Waals surface area (Å²) in [6.45, 7) is 6.42. The Labute approximate surface area is 251 Å². The molecule has 0 bridgehead atoms. The predicted octanol–water partition coefficient (Wildman–Crippen LogP) is 9.61. The molecule has 2 aliphatic carbocycles. The van der Waals surface area contributed by atoms with Gasteiger partial charge in [0, 0.05) is 0 Å². The van der Waals surface area contributed by atoms with E-state index in [2.05, 4.69) is 98.8 Å². The van der Waals surface area contributed by atoms with Crippen molar-refractivity contribution < 1.29 is 23.3 Å². The molecule has 36 heavy (non-hydrogen) atoms. The quantitative estimate of drug-likeness (QED) is 0.204. The van der Waals surface area contributed by atoms with Gasteiger partial charge in [-0.3, -0.25) is 12.2 Å². The molecule has 0 N–H and O–H groups in total. The van der Waals surface area contributed by atoms with Gasteiger partial charge in [-0.25, -0.2) is 23.3 Å². The van der Waals surface area contributed by atoms with Crippen LogP contribution < -0.4 is 0 Å². The monoisotopic (exact) mass is 616 g/mol. The molecular formula is C32H44Cl2SiZr-4. The number of allylic oxidation sites excluding steroid dienone is 8. The average Bonchev–Trinajstić information content (AvgIpc) is 3.54. The van der Waals surface area contributed by atoms with Crippen LogP contribution in [0.25, 0.3) is 11.1 Å². The average molecular weight is 619 g/mol. The van der Waals surface area contributed by atoms with E-state index in [4.69, 9.17) is 0 Å². The molecule has 0 nitrogen and oxygen atoms in total. The van der Waals surface area contributed by atoms with Gasteiger partial charge >= 0.3 is 30.2 Å². The topological polar surface area (TPSA) is 0 Å². The van der Waals surface area contributed by atoms with Crippen molar-refractivity contribution in [2.24, 2.45) is 0 Å². The van der Waals surface area contributed by atoms with Crippen LogP contribution in [0.5, 0.6) is 0 Å². The van der Waals surface area contributed by atoms with Crippen LogP contribution in [0.3, 0.4) is 0 Å². The van der Waals surface area contributed by atoms with Gasteiger partial charge in [0.25, 0.3) is 0 Å². The maximum absolute atomic E-state index is 3.46. The van der Waals surface area contributed by atoms with Gasteiger partial charge < -0.3 is 14.9 Å². The van der Waals surface area contributed by atoms with Crippen LogP contribution in [0.4, 0.5) is 0 Å². The van der Waals surface area contributed by atoms with Crippen LogP contribution in [-0.4, -0.2) is 6.88 Å². The second kappa shape index (κ2) is 24.4. The van der Waals surface area contributed by atoms with Crippen LogP contribution in [-0.2, 0) is 23.3 Å². The minimum absolute atomic E-state index is 0. The van der Waals surface area contributed by atoms with Crippen LogP contribution in [0, 0.1) is 27.0 Å². The fourth-order valence-electron chi connectivity index (χ4n) is 3.77. The van der Waals surface area contributed by atoms with Crippen molar-refractivity contribution in [3.63, 3.8) is 0 Å². The molecule has 0 aliphatic heterocycles. The summed E-state index contributed by atoms with van der Waals surface area (Å²) >= 11 is 1.58. The van der Waals surface area contributed by atoms with E-state index in [1.807, 2.05) is 6.88 Å². The molecule has 0 aromatic heterocycles. The summed E-state index contributed by atoms with van der Waals surface area (Å²) in [6.07, 6.45) is 21.0. The van der Waals surface area contributed by atoms with E-state index in [1.54, 1.807) is 23.3 Å². The van der Waals surface area contributed by atoms with E-state index in [-0.39, 0.29) is 39.7 Å². The zero-order valence-corrected chi connectivity index (χ0v) is 28.1. The number of rotatable bonds is 8. The van der Waals surface area contributed by atoms with Gasteiger partial charge in [-0.1, -0.05) is 113 Å². The summed E-state index contributed by atoms with van der Waals surface area (Å²) in [5.74, 6) is 0. The number of hydrogen-bond acceptors (Lipinski definition) is 0. The molecule has 0 heterocycles. The molecule has 0 spiro atoms. The SMILES string of the molecule is CCCCC1=[C-]CC(c2ccccc2)=C1.CCCCC1=[C-]CC(c2ccccc2)=C1.Cl.Cl.[CH3-].[CH3-].[SiH2]=[Zr]. The Hall–Kier alpha value is -0.920. The fourth-order valence-corrected chi connectivity index (χ4v) is 3.77. The van der Waals surface area contributed by atoms with Gasteiger partial charge in [-0.2, -0.15) is 0 Å². The molecule has 4 rings (SSSR count). The van der Waals surface area contributed by atoms with E-state index in [1.165, 1.54) is 71.9 Å². The van der Waals surface area contributed by atoms with E-state index in [9.17, 15) is 0 Å². The number of benzene rings is 2. The molecule has 198 valence electrons. The molecule has 0 fully saturated rings. The molecule has 0 unspecified atom stereocenters. The minimum atomic E-state index is 0. The standard InChI is InChI=1S/2C15H17.2CH3.2ClH.H2Si.Zr/c2*1-2-3-7-13-10-11-15(12-13)14-8-5-4-6-9-14;;;;;;/h2*4-6,8-9,12H,2-3,7,11H2,1H3;2*1H3;2*1H;1H2;/q4*-1;;;;. The first-order valence-corrected chi connectivity index (χ1v) is 17.8. The first-order chi connectivity index (χ1) is 15.8. The van der Waals surface area contributed by atoms with Gasteiger partial charge in [0.1, 0.15) is 0 Å². The molecule has 2 aliphatic rings. The molecule has 4 heteroatoms. The van der Waals surface area contributed by atoms with Crippen molar-refractivity contribution in [3.8, 4) is 0 Å². The van der Waals surface area contributed by atoms with Crippen LogP contribution in [0.15, 0.2) is 84.0 Å². The molecule has 0 atom stereocenters. The van der Waals surface area contributed by atoms with Crippen LogP contribution in [0.2, 0.25) is 0 Å². The van der Waals surface area contributed by atoms with Gasteiger partial charge in [-0.05, 0) is 11.1 Å². The Morgan fingerprint density at radius 3 is 1.28 bits per heavy atom. The van der Waals surface area contributed by atoms with E-state index in [0.29, 0.717) is 0 Å². The third kappa shape index (κ3) is 14.1. The van der Waals surface area contributed by atoms with Gasteiger partial charge in [0.05, 0.1) is 0 Å². The van der Waals surface area contributed by atoms with Gasteiger partial charge in [-0.15, -0.1) is 48.8 Å². The van der Waals surface area contributed by atoms with Crippen LogP contribution in [0.1, 0.15) is 76.3 Å². The second-order valence-corrected chi connectivity index (χ2v) is 8.04. The summed E-state index contributed by atoms with van der Waals surface area (Å²) in [4.78, 5) is 0. The molecular weight excluding hydrogens is 575 g/mol. The zero-order chi connectivity index (χ0) is 23.0. The predicted molar refractivity (Wildman–Crippen MR) is 167 cm³/mol. The van der Waals surface area contributed by atoms with Gasteiger partial charge in [0.15, 0.2) is 0 Å². The third-order valence-corrected chi connectivity index (χ3v) is 5.60. The summed E-state index contributed by atoms with van der Waals surface area (Å²) < 4.78 is 0. The summed E-state index contributed by atoms with van der Waals surface area (Å²) in [5, 5.41) is 0. The first kappa shape index (κ1) is 39.6. The second-order valence-electron chi connectivity index (χ2n) is 8.04. The van der Waals surface area contributed by atoms with Crippen molar-refractivity contribution >= 4 is 42.8 Å². The van der Waals surface area contributed by atoms with Crippen molar-refractivity contribution in [2.75, 3.05) is 0 Å². The Bertz CT molecular complexity index is 854. The summed E-state index contributed by atoms with van der Waals surface area (Å²) in [6, 6.07) is 21.2. The maximum atomic E-state index is 3.46. The van der Waals surface area contributed by atoms with Crippen molar-refractivity contribution in [1.29, 1.82) is 0 Å². The molecule has 2 aromatic rings. The first-order valence-electron chi connectivity index (χ1n) is 11.9. The Morgan fingerprint density at radius 2 is 0.972 bits per heavy atom. The van der Waals surface area contributed by atoms with Crippen molar-refractivity contribution in [2.45, 2.75) is 65.2 Å². The van der Waals surface area contributed by atoms with E-state index in [0.717, 1.165) is 12.8 Å². The summed E-state index contributed by atoms with van der Waals surface area (Å²) in [5.41, 5.74) is 8.32. The van der Waals surface area contributed by atoms with Crippen LogP contribution >= 0.6 is 24.8 Å². The third-order valence-electron chi connectivity index (χ3n) is 5.60. The Balaban J connectivity index is -0.000000513. The van der Waals surface area contributed by atoms with E-state index >= 15 is 0 Å². The molecule has 0 saturated heterocycles. The van der Waals surface area contributed by atoms with Crippen molar-refractivity contribution in [3.05, 3.63) is 122 Å². The van der Waals surface area contributed by atoms with Crippen molar-refractivity contribution in [1.82, 2.24) is 0 Å². The normalized spacial score (nSPS) is 12.6. The summed E-state index contributed by atoms with van der Waals surface area (Å²) in [7, 11) is 0. The molecule has 0 radical (unpaired) electrons. The number of hydrogen-bond donors (Lipinski definition) is 0. The molecule has 2 aromatic carbocycles. The number of unbranched alkanes of at least 4 members (excludes halogenated alkanes) is 2. The fraction of sp³-hybridized carbons (Fsp3) is 0.312.